The molecule has 2 aromatic carbocycles. The molecule has 0 fully saturated rings. The van der Waals surface area contributed by atoms with Gasteiger partial charge in [0.1, 0.15) is 5.75 Å². The molecule has 28 heavy (non-hydrogen) atoms. The summed E-state index contributed by atoms with van der Waals surface area (Å²) in [5.74, 6) is 0.908. The van der Waals surface area contributed by atoms with Crippen LogP contribution in [-0.4, -0.2) is 24.5 Å². The number of benzene rings is 2. The van der Waals surface area contributed by atoms with Crippen molar-refractivity contribution in [2.24, 2.45) is 0 Å². The quantitative estimate of drug-likeness (QED) is 0.504. The van der Waals surface area contributed by atoms with Crippen LogP contribution in [0.25, 0.3) is 10.9 Å². The van der Waals surface area contributed by atoms with Gasteiger partial charge in [0.25, 0.3) is 0 Å². The number of nitrogens with one attached hydrogen (secondary N) is 2. The van der Waals surface area contributed by atoms with E-state index in [4.69, 9.17) is 4.74 Å². The van der Waals surface area contributed by atoms with Crippen LogP contribution in [0.3, 0.4) is 0 Å². The van der Waals surface area contributed by atoms with E-state index in [1.807, 2.05) is 12.1 Å². The zero-order chi connectivity index (χ0) is 19.9. The average molecular weight is 379 g/mol. The summed E-state index contributed by atoms with van der Waals surface area (Å²) in [6.07, 6.45) is 5.55. The number of hydrogen-bond acceptors (Lipinski definition) is 2. The summed E-state index contributed by atoms with van der Waals surface area (Å²) in [7, 11) is 1.67. The van der Waals surface area contributed by atoms with Crippen LogP contribution in [0, 0.1) is 0 Å². The van der Waals surface area contributed by atoms with Crippen molar-refractivity contribution in [2.75, 3.05) is 13.7 Å². The number of fused-ring (bicyclic) bond motifs is 1. The molecule has 0 aliphatic rings. The number of aromatic amines is 1. The molecule has 0 spiro atoms. The van der Waals surface area contributed by atoms with Crippen molar-refractivity contribution < 1.29 is 9.53 Å². The third-order valence-electron chi connectivity index (χ3n) is 5.35. The van der Waals surface area contributed by atoms with Crippen LogP contribution in [0.1, 0.15) is 55.7 Å². The van der Waals surface area contributed by atoms with E-state index in [1.54, 1.807) is 7.11 Å². The molecule has 0 saturated heterocycles. The summed E-state index contributed by atoms with van der Waals surface area (Å²) >= 11 is 0. The minimum Gasteiger partial charge on any atom is -0.497 e. The molecule has 0 radical (unpaired) electrons. The normalized spacial score (nSPS) is 12.1. The average Bonchev–Trinajstić information content (AvgIpc) is 3.16. The Morgan fingerprint density at radius 1 is 1.14 bits per heavy atom. The van der Waals surface area contributed by atoms with Crippen molar-refractivity contribution in [3.63, 3.8) is 0 Å². The number of H-pyrrole nitrogens is 1. The summed E-state index contributed by atoms with van der Waals surface area (Å²) in [6, 6.07) is 14.4. The molecule has 0 aliphatic heterocycles. The third kappa shape index (κ3) is 4.38. The van der Waals surface area contributed by atoms with Crippen molar-refractivity contribution in [3.05, 3.63) is 65.4 Å². The number of para-hydroxylation sites is 1. The standard InChI is InChI=1S/C24H30N2O2/c1-4-6-14-25-23(27)15-21(18-10-12-19(28-3)13-11-18)22-16-26-24-17(5-2)8-7-9-20(22)24/h7-13,16,21,26H,4-6,14-15H2,1-3H3,(H,25,27). The van der Waals surface area contributed by atoms with E-state index in [0.717, 1.165) is 37.1 Å². The minimum atomic E-state index is -0.00612. The highest BCUT2D eigenvalue weighted by molar-refractivity contribution is 5.88. The molecule has 148 valence electrons. The molecule has 3 rings (SSSR count). The van der Waals surface area contributed by atoms with Crippen LogP contribution in [0.5, 0.6) is 5.75 Å². The van der Waals surface area contributed by atoms with Crippen molar-refractivity contribution in [2.45, 2.75) is 45.4 Å². The number of rotatable bonds is 9. The molecule has 1 atom stereocenters. The topological polar surface area (TPSA) is 54.1 Å². The van der Waals surface area contributed by atoms with E-state index in [1.165, 1.54) is 22.0 Å². The first kappa shape index (κ1) is 20.0. The Labute approximate surface area is 167 Å². The molecule has 0 bridgehead atoms. The van der Waals surface area contributed by atoms with Crippen LogP contribution in [-0.2, 0) is 11.2 Å². The summed E-state index contributed by atoms with van der Waals surface area (Å²) in [5, 5.41) is 4.26. The van der Waals surface area contributed by atoms with Crippen molar-refractivity contribution in [1.29, 1.82) is 0 Å². The Kier molecular flexibility index (Phi) is 6.75. The van der Waals surface area contributed by atoms with Gasteiger partial charge in [-0.1, -0.05) is 50.6 Å². The maximum Gasteiger partial charge on any atom is 0.220 e. The Morgan fingerprint density at radius 2 is 1.93 bits per heavy atom. The highest BCUT2D eigenvalue weighted by Crippen LogP contribution is 2.35. The molecule has 3 aromatic rings. The predicted molar refractivity (Wildman–Crippen MR) is 115 cm³/mol. The number of carbonyl (C=O) groups excluding carboxylic acids is 1. The van der Waals surface area contributed by atoms with Gasteiger partial charge in [-0.3, -0.25) is 4.79 Å². The van der Waals surface area contributed by atoms with Gasteiger partial charge in [-0.15, -0.1) is 0 Å². The van der Waals surface area contributed by atoms with Gasteiger partial charge in [0.15, 0.2) is 0 Å². The molecule has 2 N–H and O–H groups in total. The highest BCUT2D eigenvalue weighted by Gasteiger charge is 2.22. The monoisotopic (exact) mass is 378 g/mol. The molecule has 1 heterocycles. The third-order valence-corrected chi connectivity index (χ3v) is 5.35. The summed E-state index contributed by atoms with van der Waals surface area (Å²) in [5.41, 5.74) is 4.75. The SMILES string of the molecule is CCCCNC(=O)CC(c1ccc(OC)cc1)c1c[nH]c2c(CC)cccc12. The Hall–Kier alpha value is -2.75. The van der Waals surface area contributed by atoms with Gasteiger partial charge < -0.3 is 15.0 Å². The zero-order valence-corrected chi connectivity index (χ0v) is 17.0. The number of carbonyl (C=O) groups is 1. The predicted octanol–water partition coefficient (Wildman–Crippen LogP) is 5.18. The van der Waals surface area contributed by atoms with Gasteiger partial charge in [-0.2, -0.15) is 0 Å². The van der Waals surface area contributed by atoms with Gasteiger partial charge >= 0.3 is 0 Å². The molecule has 0 aliphatic carbocycles. The van der Waals surface area contributed by atoms with Gasteiger partial charge in [0.05, 0.1) is 7.11 Å². The van der Waals surface area contributed by atoms with Crippen LogP contribution >= 0.6 is 0 Å². The molecule has 1 amide bonds. The van der Waals surface area contributed by atoms with E-state index < -0.39 is 0 Å². The lowest BCUT2D eigenvalue weighted by Crippen LogP contribution is -2.26. The number of aryl methyl sites for hydroxylation is 1. The Morgan fingerprint density at radius 3 is 2.61 bits per heavy atom. The summed E-state index contributed by atoms with van der Waals surface area (Å²) in [6.45, 7) is 5.03. The lowest BCUT2D eigenvalue weighted by Gasteiger charge is -2.18. The second-order valence-electron chi connectivity index (χ2n) is 7.17. The van der Waals surface area contributed by atoms with Crippen molar-refractivity contribution in [3.8, 4) is 5.75 Å². The second kappa shape index (κ2) is 9.45. The fraction of sp³-hybridized carbons (Fsp3) is 0.375. The molecule has 1 unspecified atom stereocenters. The van der Waals surface area contributed by atoms with E-state index in [0.29, 0.717) is 6.42 Å². The van der Waals surface area contributed by atoms with Crippen LogP contribution in [0.2, 0.25) is 0 Å². The maximum absolute atomic E-state index is 12.6. The first-order valence-electron chi connectivity index (χ1n) is 10.2. The maximum atomic E-state index is 12.6. The fourth-order valence-electron chi connectivity index (χ4n) is 3.73. The molecule has 4 heteroatoms. The highest BCUT2D eigenvalue weighted by atomic mass is 16.5. The van der Waals surface area contributed by atoms with Crippen molar-refractivity contribution in [1.82, 2.24) is 10.3 Å². The van der Waals surface area contributed by atoms with E-state index in [-0.39, 0.29) is 11.8 Å². The van der Waals surface area contributed by atoms with E-state index >= 15 is 0 Å². The molecular weight excluding hydrogens is 348 g/mol. The largest absolute Gasteiger partial charge is 0.497 e. The zero-order valence-electron chi connectivity index (χ0n) is 17.0. The van der Waals surface area contributed by atoms with Gasteiger partial charge in [-0.05, 0) is 41.7 Å². The van der Waals surface area contributed by atoms with Gasteiger partial charge in [-0.25, -0.2) is 0 Å². The van der Waals surface area contributed by atoms with Gasteiger partial charge in [0, 0.05) is 36.0 Å². The number of ether oxygens (including phenoxy) is 1. The lowest BCUT2D eigenvalue weighted by molar-refractivity contribution is -0.121. The first-order valence-corrected chi connectivity index (χ1v) is 10.2. The lowest BCUT2D eigenvalue weighted by atomic mass is 9.87. The van der Waals surface area contributed by atoms with Crippen molar-refractivity contribution >= 4 is 16.8 Å². The van der Waals surface area contributed by atoms with Crippen LogP contribution < -0.4 is 10.1 Å². The second-order valence-corrected chi connectivity index (χ2v) is 7.17. The minimum absolute atomic E-state index is 0.00612. The Balaban J connectivity index is 1.97. The smallest absolute Gasteiger partial charge is 0.220 e. The van der Waals surface area contributed by atoms with Crippen LogP contribution in [0.15, 0.2) is 48.7 Å². The van der Waals surface area contributed by atoms with E-state index in [9.17, 15) is 4.79 Å². The summed E-state index contributed by atoms with van der Waals surface area (Å²) in [4.78, 5) is 16.1. The first-order chi connectivity index (χ1) is 13.7. The molecule has 1 aromatic heterocycles. The number of unbranched alkanes of at least 4 members (excludes halogenated alkanes) is 1. The molecule has 4 nitrogen and oxygen atoms in total. The van der Waals surface area contributed by atoms with E-state index in [2.05, 4.69) is 60.7 Å². The molecular formula is C24H30N2O2. The molecule has 0 saturated carbocycles. The van der Waals surface area contributed by atoms with Crippen LogP contribution in [0.4, 0.5) is 0 Å². The number of hydrogen-bond donors (Lipinski definition) is 2. The fourth-order valence-corrected chi connectivity index (χ4v) is 3.73. The Bertz CT molecular complexity index is 912. The number of amides is 1. The summed E-state index contributed by atoms with van der Waals surface area (Å²) < 4.78 is 5.30. The number of methoxy groups -OCH3 is 1. The number of aromatic nitrogens is 1. The van der Waals surface area contributed by atoms with Gasteiger partial charge in [0.2, 0.25) is 5.91 Å².